The van der Waals surface area contributed by atoms with Gasteiger partial charge in [0.05, 0.1) is 17.6 Å². The zero-order chi connectivity index (χ0) is 20.8. The largest absolute Gasteiger partial charge is 0.352 e. The minimum Gasteiger partial charge on any atom is -0.352 e. The van der Waals surface area contributed by atoms with Crippen LogP contribution in [-0.4, -0.2) is 31.3 Å². The Morgan fingerprint density at radius 1 is 1.10 bits per heavy atom. The number of aryl methyl sites for hydroxylation is 2. The van der Waals surface area contributed by atoms with E-state index in [9.17, 15) is 4.39 Å². The van der Waals surface area contributed by atoms with Crippen LogP contribution < -0.4 is 10.2 Å². The molecule has 0 fully saturated rings. The molecule has 4 heterocycles. The lowest BCUT2D eigenvalue weighted by atomic mass is 10.0. The first-order valence-electron chi connectivity index (χ1n) is 9.93. The Morgan fingerprint density at radius 2 is 1.97 bits per heavy atom. The van der Waals surface area contributed by atoms with Gasteiger partial charge in [-0.3, -0.25) is 4.98 Å². The highest BCUT2D eigenvalue weighted by atomic mass is 19.1. The van der Waals surface area contributed by atoms with E-state index in [0.717, 1.165) is 58.1 Å². The minimum atomic E-state index is -0.280. The van der Waals surface area contributed by atoms with E-state index in [4.69, 9.17) is 5.10 Å². The number of fused-ring (bicyclic) bond motifs is 2. The van der Waals surface area contributed by atoms with E-state index in [1.54, 1.807) is 29.2 Å². The molecule has 8 heteroatoms. The van der Waals surface area contributed by atoms with Crippen LogP contribution in [0, 0.1) is 26.6 Å². The van der Waals surface area contributed by atoms with Crippen molar-refractivity contribution in [2.24, 2.45) is 0 Å². The first-order valence-corrected chi connectivity index (χ1v) is 9.93. The quantitative estimate of drug-likeness (QED) is 0.560. The predicted molar refractivity (Wildman–Crippen MR) is 114 cm³/mol. The first kappa shape index (κ1) is 18.5. The minimum absolute atomic E-state index is 0.280. The predicted octanol–water partition coefficient (Wildman–Crippen LogP) is 3.89. The van der Waals surface area contributed by atoms with Crippen LogP contribution in [0.1, 0.15) is 27.9 Å². The lowest BCUT2D eigenvalue weighted by Gasteiger charge is -2.30. The van der Waals surface area contributed by atoms with Gasteiger partial charge in [0.25, 0.3) is 0 Å². The van der Waals surface area contributed by atoms with Crippen LogP contribution in [0.5, 0.6) is 0 Å². The van der Waals surface area contributed by atoms with E-state index in [2.05, 4.69) is 38.4 Å². The molecule has 5 rings (SSSR count). The SMILES string of the molecule is Cc1ccc(F)c(Nc2cnc3c(c2)CN(c2nn4cnnc4c(C)c2C)CC3)c1. The second-order valence-corrected chi connectivity index (χ2v) is 7.78. The Labute approximate surface area is 173 Å². The average molecular weight is 403 g/mol. The molecule has 7 nitrogen and oxygen atoms in total. The number of hydrogen-bond acceptors (Lipinski definition) is 6. The third kappa shape index (κ3) is 3.14. The van der Waals surface area contributed by atoms with E-state index < -0.39 is 0 Å². The fourth-order valence-electron chi connectivity index (χ4n) is 3.93. The molecule has 0 saturated heterocycles. The standard InChI is InChI=1S/C22H22FN7/c1-13-4-5-18(23)20(8-13)26-17-9-16-11-29(7-6-19(16)24-10-17)22-15(3)14(2)21-27-25-12-30(21)28-22/h4-5,8-10,12,26H,6-7,11H2,1-3H3. The Hall–Kier alpha value is -3.55. The van der Waals surface area contributed by atoms with Gasteiger partial charge in [-0.15, -0.1) is 15.3 Å². The Bertz CT molecular complexity index is 1260. The summed E-state index contributed by atoms with van der Waals surface area (Å²) in [6.07, 6.45) is 4.23. The number of pyridine rings is 1. The maximum atomic E-state index is 14.1. The molecule has 0 amide bonds. The zero-order valence-electron chi connectivity index (χ0n) is 17.1. The molecule has 0 saturated carbocycles. The zero-order valence-corrected chi connectivity index (χ0v) is 17.1. The number of benzene rings is 1. The van der Waals surface area contributed by atoms with Crippen molar-refractivity contribution in [1.82, 2.24) is 24.8 Å². The van der Waals surface area contributed by atoms with Gasteiger partial charge >= 0.3 is 0 Å². The molecule has 1 aliphatic rings. The highest BCUT2D eigenvalue weighted by molar-refractivity contribution is 5.63. The van der Waals surface area contributed by atoms with Gasteiger partial charge < -0.3 is 10.2 Å². The first-order chi connectivity index (χ1) is 14.5. The van der Waals surface area contributed by atoms with Crippen LogP contribution >= 0.6 is 0 Å². The normalized spacial score (nSPS) is 13.5. The molecule has 0 spiro atoms. The van der Waals surface area contributed by atoms with E-state index in [1.807, 2.05) is 13.8 Å². The van der Waals surface area contributed by atoms with E-state index >= 15 is 0 Å². The van der Waals surface area contributed by atoms with E-state index in [0.29, 0.717) is 12.2 Å². The molecule has 1 N–H and O–H groups in total. The number of rotatable bonds is 3. The number of aromatic nitrogens is 5. The summed E-state index contributed by atoms with van der Waals surface area (Å²) < 4.78 is 15.9. The number of halogens is 1. The van der Waals surface area contributed by atoms with Crippen molar-refractivity contribution in [2.75, 3.05) is 16.8 Å². The number of nitrogens with zero attached hydrogens (tertiary/aromatic N) is 6. The molecular formula is C22H22FN7. The van der Waals surface area contributed by atoms with Gasteiger partial charge in [0.2, 0.25) is 0 Å². The monoisotopic (exact) mass is 403 g/mol. The number of nitrogens with one attached hydrogen (secondary N) is 1. The van der Waals surface area contributed by atoms with Crippen LogP contribution in [0.25, 0.3) is 5.65 Å². The van der Waals surface area contributed by atoms with Crippen molar-refractivity contribution in [3.8, 4) is 0 Å². The van der Waals surface area contributed by atoms with Gasteiger partial charge in [0.15, 0.2) is 11.5 Å². The summed E-state index contributed by atoms with van der Waals surface area (Å²) in [5.41, 5.74) is 7.36. The molecule has 0 bridgehead atoms. The summed E-state index contributed by atoms with van der Waals surface area (Å²) in [7, 11) is 0. The highest BCUT2D eigenvalue weighted by Gasteiger charge is 2.22. The van der Waals surface area contributed by atoms with Gasteiger partial charge in [-0.2, -0.15) is 4.52 Å². The summed E-state index contributed by atoms with van der Waals surface area (Å²) in [6, 6.07) is 7.08. The van der Waals surface area contributed by atoms with Gasteiger partial charge in [-0.1, -0.05) is 6.07 Å². The molecule has 30 heavy (non-hydrogen) atoms. The van der Waals surface area contributed by atoms with E-state index in [1.165, 1.54) is 6.07 Å². The smallest absolute Gasteiger partial charge is 0.180 e. The van der Waals surface area contributed by atoms with Gasteiger partial charge in [-0.25, -0.2) is 4.39 Å². The Kier molecular flexibility index (Phi) is 4.34. The van der Waals surface area contributed by atoms with Crippen LogP contribution in [0.3, 0.4) is 0 Å². The van der Waals surface area contributed by atoms with Crippen LogP contribution in [0.15, 0.2) is 36.8 Å². The Balaban J connectivity index is 1.46. The molecule has 0 atom stereocenters. The van der Waals surface area contributed by atoms with Gasteiger partial charge in [0, 0.05) is 36.3 Å². The molecule has 0 aliphatic carbocycles. The molecular weight excluding hydrogens is 381 g/mol. The van der Waals surface area contributed by atoms with Crippen molar-refractivity contribution >= 4 is 22.8 Å². The van der Waals surface area contributed by atoms with Crippen LogP contribution in [0.4, 0.5) is 21.6 Å². The summed E-state index contributed by atoms with van der Waals surface area (Å²) >= 11 is 0. The number of hydrogen-bond donors (Lipinski definition) is 1. The second-order valence-electron chi connectivity index (χ2n) is 7.78. The lowest BCUT2D eigenvalue weighted by molar-refractivity contribution is 0.631. The molecule has 0 radical (unpaired) electrons. The van der Waals surface area contributed by atoms with Crippen molar-refractivity contribution in [1.29, 1.82) is 0 Å². The van der Waals surface area contributed by atoms with Crippen LogP contribution in [-0.2, 0) is 13.0 Å². The fraction of sp³-hybridized carbons (Fsp3) is 0.273. The number of anilines is 3. The molecule has 1 aromatic carbocycles. The van der Waals surface area contributed by atoms with Crippen molar-refractivity contribution in [2.45, 2.75) is 33.7 Å². The topological polar surface area (TPSA) is 71.2 Å². The van der Waals surface area contributed by atoms with E-state index in [-0.39, 0.29) is 5.82 Å². The second kappa shape index (κ2) is 7.05. The third-order valence-corrected chi connectivity index (χ3v) is 5.71. The summed E-state index contributed by atoms with van der Waals surface area (Å²) in [6.45, 7) is 7.58. The Morgan fingerprint density at radius 3 is 2.83 bits per heavy atom. The molecule has 152 valence electrons. The fourth-order valence-corrected chi connectivity index (χ4v) is 3.93. The maximum Gasteiger partial charge on any atom is 0.180 e. The molecule has 0 unspecified atom stereocenters. The molecule has 4 aromatic rings. The van der Waals surface area contributed by atoms with Crippen molar-refractivity contribution in [3.05, 3.63) is 70.6 Å². The van der Waals surface area contributed by atoms with Gasteiger partial charge in [-0.05, 0) is 50.1 Å². The lowest BCUT2D eigenvalue weighted by Crippen LogP contribution is -2.32. The summed E-state index contributed by atoms with van der Waals surface area (Å²) in [5, 5.41) is 16.0. The third-order valence-electron chi connectivity index (χ3n) is 5.71. The van der Waals surface area contributed by atoms with Crippen molar-refractivity contribution < 1.29 is 4.39 Å². The molecule has 1 aliphatic heterocycles. The highest BCUT2D eigenvalue weighted by Crippen LogP contribution is 2.29. The van der Waals surface area contributed by atoms with Crippen molar-refractivity contribution in [3.63, 3.8) is 0 Å². The summed E-state index contributed by atoms with van der Waals surface area (Å²) in [4.78, 5) is 6.87. The van der Waals surface area contributed by atoms with Crippen LogP contribution in [0.2, 0.25) is 0 Å². The van der Waals surface area contributed by atoms with Gasteiger partial charge in [0.1, 0.15) is 12.1 Å². The summed E-state index contributed by atoms with van der Waals surface area (Å²) in [5.74, 6) is 0.644. The maximum absolute atomic E-state index is 14.1. The average Bonchev–Trinajstić information content (AvgIpc) is 3.22. The molecule has 3 aromatic heterocycles.